The molecule has 0 aliphatic carbocycles. The maximum atomic E-state index is 10.3. The van der Waals surface area contributed by atoms with Crippen LogP contribution in [0.3, 0.4) is 0 Å². The van der Waals surface area contributed by atoms with Crippen LogP contribution in [-0.2, 0) is 0 Å². The molecule has 1 aromatic carbocycles. The van der Waals surface area contributed by atoms with E-state index in [9.17, 15) is 4.79 Å². The highest BCUT2D eigenvalue weighted by Gasteiger charge is 2.04. The Labute approximate surface area is 84.4 Å². The molecule has 0 spiro atoms. The Bertz CT molecular complexity index is 384. The number of ether oxygens (including phenoxy) is 1. The van der Waals surface area contributed by atoms with Crippen molar-refractivity contribution in [3.63, 3.8) is 0 Å². The van der Waals surface area contributed by atoms with Gasteiger partial charge in [0.25, 0.3) is 0 Å². The zero-order chi connectivity index (χ0) is 9.84. The lowest BCUT2D eigenvalue weighted by molar-refractivity contribution is 0.225. The lowest BCUT2D eigenvalue weighted by Crippen LogP contribution is -1.95. The van der Waals surface area contributed by atoms with Crippen LogP contribution in [0.15, 0.2) is 18.2 Å². The van der Waals surface area contributed by atoms with Crippen molar-refractivity contribution in [3.05, 3.63) is 28.8 Å². The number of carbonyl (C=O) groups excluding carboxylic acids is 1. The molecular formula is C8H3Cl2NO2. The van der Waals surface area contributed by atoms with Crippen molar-refractivity contribution in [2.24, 2.45) is 0 Å². The third-order valence-electron chi connectivity index (χ3n) is 1.26. The van der Waals surface area contributed by atoms with Crippen molar-refractivity contribution in [3.8, 4) is 11.8 Å². The number of halogens is 2. The lowest BCUT2D eigenvalue weighted by Gasteiger charge is -2.00. The van der Waals surface area contributed by atoms with Crippen LogP contribution in [-0.4, -0.2) is 5.43 Å². The fourth-order valence-electron chi connectivity index (χ4n) is 0.743. The zero-order valence-electron chi connectivity index (χ0n) is 6.25. The first kappa shape index (κ1) is 9.85. The van der Waals surface area contributed by atoms with Gasteiger partial charge in [0.2, 0.25) is 0 Å². The molecule has 3 nitrogen and oxygen atoms in total. The highest BCUT2D eigenvalue weighted by atomic mass is 35.5. The molecule has 0 unspecified atom stereocenters. The van der Waals surface area contributed by atoms with Gasteiger partial charge in [-0.1, -0.05) is 11.6 Å². The van der Waals surface area contributed by atoms with E-state index in [-0.39, 0.29) is 10.8 Å². The number of nitrogens with zero attached hydrogens (tertiary/aromatic N) is 1. The number of rotatable bonds is 1. The summed E-state index contributed by atoms with van der Waals surface area (Å²) in [6, 6.07) is 6.10. The van der Waals surface area contributed by atoms with Gasteiger partial charge in [0.15, 0.2) is 0 Å². The second-order valence-corrected chi connectivity index (χ2v) is 2.81. The Kier molecular flexibility index (Phi) is 3.13. The normalized spacial score (nSPS) is 9.00. The molecule has 0 bridgehead atoms. The molecule has 0 saturated heterocycles. The number of nitriles is 1. The topological polar surface area (TPSA) is 50.1 Å². The van der Waals surface area contributed by atoms with Crippen LogP contribution in [0.1, 0.15) is 5.56 Å². The van der Waals surface area contributed by atoms with E-state index in [0.717, 1.165) is 0 Å². The van der Waals surface area contributed by atoms with Crippen LogP contribution >= 0.6 is 23.2 Å². The molecule has 0 saturated carbocycles. The van der Waals surface area contributed by atoms with E-state index in [0.29, 0.717) is 5.56 Å². The number of benzene rings is 1. The second-order valence-electron chi connectivity index (χ2n) is 2.09. The molecule has 0 fully saturated rings. The summed E-state index contributed by atoms with van der Waals surface area (Å²) in [6.07, 6.45) is 0. The quantitative estimate of drug-likeness (QED) is 0.678. The molecule has 0 amide bonds. The van der Waals surface area contributed by atoms with Gasteiger partial charge in [-0.05, 0) is 12.1 Å². The molecule has 0 radical (unpaired) electrons. The molecule has 1 aromatic rings. The van der Waals surface area contributed by atoms with Gasteiger partial charge < -0.3 is 4.74 Å². The van der Waals surface area contributed by atoms with Crippen molar-refractivity contribution in [2.75, 3.05) is 0 Å². The fraction of sp³-hybridized carbons (Fsp3) is 0. The SMILES string of the molecule is N#Cc1ccc(OC(=O)Cl)cc1Cl. The van der Waals surface area contributed by atoms with Gasteiger partial charge in [-0.25, -0.2) is 4.79 Å². The molecule has 0 N–H and O–H groups in total. The molecule has 0 aliphatic heterocycles. The molecule has 0 aromatic heterocycles. The summed E-state index contributed by atoms with van der Waals surface area (Å²) in [6.45, 7) is 0. The minimum absolute atomic E-state index is 0.212. The van der Waals surface area contributed by atoms with Gasteiger partial charge in [0.05, 0.1) is 10.6 Å². The first-order valence-electron chi connectivity index (χ1n) is 3.20. The Hall–Kier alpha value is -1.24. The smallest absolute Gasteiger partial charge is 0.409 e. The zero-order valence-corrected chi connectivity index (χ0v) is 7.76. The van der Waals surface area contributed by atoms with Crippen LogP contribution in [0, 0.1) is 11.3 Å². The van der Waals surface area contributed by atoms with Gasteiger partial charge in [0, 0.05) is 17.7 Å². The molecule has 66 valence electrons. The van der Waals surface area contributed by atoms with E-state index in [1.165, 1.54) is 18.2 Å². The number of hydrogen-bond donors (Lipinski definition) is 0. The number of carbonyl (C=O) groups is 1. The predicted molar refractivity (Wildman–Crippen MR) is 48.0 cm³/mol. The van der Waals surface area contributed by atoms with Crippen LogP contribution in [0.25, 0.3) is 0 Å². The second kappa shape index (κ2) is 4.13. The maximum Gasteiger partial charge on any atom is 0.409 e. The van der Waals surface area contributed by atoms with Gasteiger partial charge >= 0.3 is 5.43 Å². The average Bonchev–Trinajstić information content (AvgIpc) is 2.03. The first-order chi connectivity index (χ1) is 6.13. The highest BCUT2D eigenvalue weighted by molar-refractivity contribution is 6.61. The minimum Gasteiger partial charge on any atom is -0.414 e. The number of hydrogen-bond acceptors (Lipinski definition) is 3. The fourth-order valence-corrected chi connectivity index (χ4v) is 1.04. The largest absolute Gasteiger partial charge is 0.414 e. The van der Waals surface area contributed by atoms with Crippen molar-refractivity contribution >= 4 is 28.6 Å². The van der Waals surface area contributed by atoms with Crippen LogP contribution in [0.2, 0.25) is 5.02 Å². The van der Waals surface area contributed by atoms with E-state index in [2.05, 4.69) is 4.74 Å². The van der Waals surface area contributed by atoms with Crippen LogP contribution in [0.4, 0.5) is 4.79 Å². The monoisotopic (exact) mass is 215 g/mol. The molecular weight excluding hydrogens is 213 g/mol. The van der Waals surface area contributed by atoms with Crippen molar-refractivity contribution < 1.29 is 9.53 Å². The Morgan fingerprint density at radius 1 is 1.54 bits per heavy atom. The van der Waals surface area contributed by atoms with Gasteiger partial charge in [-0.15, -0.1) is 0 Å². The molecule has 1 rings (SSSR count). The Balaban J connectivity index is 2.97. The summed E-state index contributed by atoms with van der Waals surface area (Å²) >= 11 is 10.6. The predicted octanol–water partition coefficient (Wildman–Crippen LogP) is 2.95. The maximum absolute atomic E-state index is 10.3. The lowest BCUT2D eigenvalue weighted by atomic mass is 10.2. The summed E-state index contributed by atoms with van der Waals surface area (Å²) in [5.74, 6) is 0.212. The van der Waals surface area contributed by atoms with E-state index < -0.39 is 5.43 Å². The molecule has 0 aliphatic rings. The summed E-state index contributed by atoms with van der Waals surface area (Å²) in [4.78, 5) is 10.3. The average molecular weight is 216 g/mol. The van der Waals surface area contributed by atoms with Crippen molar-refractivity contribution in [1.82, 2.24) is 0 Å². The van der Waals surface area contributed by atoms with E-state index in [1.807, 2.05) is 6.07 Å². The highest BCUT2D eigenvalue weighted by Crippen LogP contribution is 2.22. The van der Waals surface area contributed by atoms with Crippen molar-refractivity contribution in [2.45, 2.75) is 0 Å². The summed E-state index contributed by atoms with van der Waals surface area (Å²) in [7, 11) is 0. The van der Waals surface area contributed by atoms with E-state index in [1.54, 1.807) is 0 Å². The van der Waals surface area contributed by atoms with Crippen LogP contribution in [0.5, 0.6) is 5.75 Å². The van der Waals surface area contributed by atoms with Gasteiger partial charge in [0.1, 0.15) is 11.8 Å². The molecule has 13 heavy (non-hydrogen) atoms. The van der Waals surface area contributed by atoms with E-state index >= 15 is 0 Å². The summed E-state index contributed by atoms with van der Waals surface area (Å²) in [5.41, 5.74) is -0.628. The van der Waals surface area contributed by atoms with Crippen molar-refractivity contribution in [1.29, 1.82) is 5.26 Å². The van der Waals surface area contributed by atoms with Crippen LogP contribution < -0.4 is 4.74 Å². The minimum atomic E-state index is -0.944. The third-order valence-corrected chi connectivity index (χ3v) is 1.65. The van der Waals surface area contributed by atoms with E-state index in [4.69, 9.17) is 28.5 Å². The first-order valence-corrected chi connectivity index (χ1v) is 3.96. The Morgan fingerprint density at radius 3 is 2.69 bits per heavy atom. The third kappa shape index (κ3) is 2.62. The van der Waals surface area contributed by atoms with Gasteiger partial charge in [-0.2, -0.15) is 5.26 Å². The molecule has 0 atom stereocenters. The standard InChI is InChI=1S/C8H3Cl2NO2/c9-7-3-6(13-8(10)12)2-1-5(7)4-11/h1-3H. The summed E-state index contributed by atoms with van der Waals surface area (Å²) < 4.78 is 4.53. The summed E-state index contributed by atoms with van der Waals surface area (Å²) in [5, 5.41) is 8.74. The Morgan fingerprint density at radius 2 is 2.23 bits per heavy atom. The van der Waals surface area contributed by atoms with Gasteiger partial charge in [-0.3, -0.25) is 0 Å². The molecule has 0 heterocycles. The molecule has 5 heteroatoms.